The highest BCUT2D eigenvalue weighted by molar-refractivity contribution is 7.17. The highest BCUT2D eigenvalue weighted by Gasteiger charge is 2.21. The molecule has 0 unspecified atom stereocenters. The van der Waals surface area contributed by atoms with Gasteiger partial charge in [0.25, 0.3) is 0 Å². The number of hydrogen-bond donors (Lipinski definition) is 1. The van der Waals surface area contributed by atoms with Crippen LogP contribution in [0.4, 0.5) is 0 Å². The molecule has 2 N–H and O–H groups in total. The fraction of sp³-hybridized carbons (Fsp3) is 0.318. The van der Waals surface area contributed by atoms with Crippen molar-refractivity contribution in [2.24, 2.45) is 5.73 Å². The third-order valence-corrected chi connectivity index (χ3v) is 5.92. The van der Waals surface area contributed by atoms with Crippen LogP contribution in [0.5, 0.6) is 5.75 Å². The molecule has 0 bridgehead atoms. The van der Waals surface area contributed by atoms with Gasteiger partial charge in [-0.1, -0.05) is 29.5 Å². The van der Waals surface area contributed by atoms with Crippen molar-refractivity contribution in [3.8, 4) is 33.0 Å². The lowest BCUT2D eigenvalue weighted by Crippen LogP contribution is -2.17. The number of ether oxygens (including phenoxy) is 1. The first-order valence-corrected chi connectivity index (χ1v) is 10.3. The van der Waals surface area contributed by atoms with Gasteiger partial charge in [-0.15, -0.1) is 22.6 Å². The third kappa shape index (κ3) is 4.27. The van der Waals surface area contributed by atoms with Gasteiger partial charge < -0.3 is 10.5 Å². The number of hydrogen-bond acceptors (Lipinski definition) is 6. The van der Waals surface area contributed by atoms with Crippen LogP contribution in [0.15, 0.2) is 36.4 Å². The molecule has 4 rings (SSSR count). The average molecular weight is 427 g/mol. The van der Waals surface area contributed by atoms with Gasteiger partial charge in [0.15, 0.2) is 0 Å². The van der Waals surface area contributed by atoms with Gasteiger partial charge in [0.1, 0.15) is 21.8 Å². The van der Waals surface area contributed by atoms with Crippen LogP contribution in [-0.4, -0.2) is 16.3 Å². The van der Waals surface area contributed by atoms with Gasteiger partial charge in [-0.05, 0) is 62.4 Å². The van der Waals surface area contributed by atoms with E-state index >= 15 is 0 Å². The normalized spacial score (nSPS) is 15.3. The van der Waals surface area contributed by atoms with E-state index in [1.165, 1.54) is 22.5 Å². The summed E-state index contributed by atoms with van der Waals surface area (Å²) >= 11 is 1.54. The van der Waals surface area contributed by atoms with Crippen LogP contribution in [0.25, 0.3) is 21.1 Å². The number of aromatic nitrogens is 2. The molecular weight excluding hydrogens is 404 g/mol. The molecule has 0 radical (unpaired) electrons. The van der Waals surface area contributed by atoms with E-state index in [1.54, 1.807) is 0 Å². The minimum absolute atomic E-state index is 0. The minimum atomic E-state index is 0. The fourth-order valence-corrected chi connectivity index (χ4v) is 4.53. The zero-order valence-electron chi connectivity index (χ0n) is 16.4. The van der Waals surface area contributed by atoms with Crippen LogP contribution in [-0.2, 0) is 6.42 Å². The maximum Gasteiger partial charge on any atom is 0.148 e. The van der Waals surface area contributed by atoms with Crippen molar-refractivity contribution >= 4 is 23.7 Å². The molecule has 0 aliphatic heterocycles. The Hall–Kier alpha value is -2.46. The van der Waals surface area contributed by atoms with Crippen LogP contribution >= 0.6 is 23.7 Å². The number of rotatable bonds is 4. The Balaban J connectivity index is 0.00000240. The lowest BCUT2D eigenvalue weighted by atomic mass is 9.85. The second kappa shape index (κ2) is 8.91. The Labute approximate surface area is 181 Å². The lowest BCUT2D eigenvalue weighted by Gasteiger charge is -2.23. The molecule has 0 spiro atoms. The second-order valence-corrected chi connectivity index (χ2v) is 8.25. The van der Waals surface area contributed by atoms with Crippen molar-refractivity contribution in [3.63, 3.8) is 0 Å². The quantitative estimate of drug-likeness (QED) is 0.612. The maximum atomic E-state index is 9.47. The Kier molecular flexibility index (Phi) is 6.53. The Bertz CT molecular complexity index is 1060. The van der Waals surface area contributed by atoms with Crippen LogP contribution in [0.2, 0.25) is 0 Å². The van der Waals surface area contributed by atoms with E-state index in [4.69, 9.17) is 10.5 Å². The van der Waals surface area contributed by atoms with Gasteiger partial charge in [-0.3, -0.25) is 0 Å². The zero-order valence-corrected chi connectivity index (χ0v) is 18.0. The van der Waals surface area contributed by atoms with Crippen molar-refractivity contribution in [2.45, 2.75) is 45.3 Å². The number of fused-ring (bicyclic) bond motifs is 1. The Morgan fingerprint density at radius 1 is 1.21 bits per heavy atom. The number of nitriles is 1. The topological polar surface area (TPSA) is 84.8 Å². The molecule has 3 aromatic rings. The predicted octanol–water partition coefficient (Wildman–Crippen LogP) is 5.29. The predicted molar refractivity (Wildman–Crippen MR) is 118 cm³/mol. The molecule has 150 valence electrons. The van der Waals surface area contributed by atoms with E-state index in [0.29, 0.717) is 11.3 Å². The summed E-state index contributed by atoms with van der Waals surface area (Å²) < 4.78 is 5.71. The third-order valence-electron chi connectivity index (χ3n) is 4.92. The largest absolute Gasteiger partial charge is 0.490 e. The van der Waals surface area contributed by atoms with Crippen LogP contribution in [0, 0.1) is 11.3 Å². The fourth-order valence-electron chi connectivity index (χ4n) is 3.64. The summed E-state index contributed by atoms with van der Waals surface area (Å²) in [6.45, 7) is 3.89. The SMILES string of the molecule is CC(C)Oc1ccc(-c2nnc(-c3cccc4c3CCC[C@H]4N)s2)cc1C#N.Cl. The van der Waals surface area contributed by atoms with Gasteiger partial charge >= 0.3 is 0 Å². The molecule has 0 saturated heterocycles. The monoisotopic (exact) mass is 426 g/mol. The first kappa shape index (κ1) is 21.3. The number of benzene rings is 2. The molecule has 5 nitrogen and oxygen atoms in total. The average Bonchev–Trinajstić information content (AvgIpc) is 3.18. The Morgan fingerprint density at radius 2 is 2.00 bits per heavy atom. The molecule has 1 heterocycles. The first-order chi connectivity index (χ1) is 13.6. The standard InChI is InChI=1S/C22H22N4OS.ClH/c1-13(2)27-20-10-9-14(11-15(20)12-23)21-25-26-22(28-21)18-7-3-6-17-16(18)5-4-8-19(17)24;/h3,6-7,9-11,13,19H,4-5,8,24H2,1-2H3;1H/t19-;/m1./s1. The minimum Gasteiger partial charge on any atom is -0.490 e. The van der Waals surface area contributed by atoms with E-state index in [2.05, 4.69) is 28.4 Å². The van der Waals surface area contributed by atoms with Crippen LogP contribution in [0.1, 0.15) is 49.4 Å². The van der Waals surface area contributed by atoms with Gasteiger partial charge in [0.05, 0.1) is 11.7 Å². The van der Waals surface area contributed by atoms with E-state index in [1.807, 2.05) is 38.1 Å². The summed E-state index contributed by atoms with van der Waals surface area (Å²) in [5, 5.41) is 20.0. The van der Waals surface area contributed by atoms with Crippen molar-refractivity contribution in [2.75, 3.05) is 0 Å². The van der Waals surface area contributed by atoms with Gasteiger partial charge in [-0.2, -0.15) is 5.26 Å². The molecule has 1 aliphatic rings. The highest BCUT2D eigenvalue weighted by Crippen LogP contribution is 2.38. The summed E-state index contributed by atoms with van der Waals surface area (Å²) in [6.07, 6.45) is 3.16. The van der Waals surface area contributed by atoms with Crippen LogP contribution < -0.4 is 10.5 Å². The molecule has 29 heavy (non-hydrogen) atoms. The Morgan fingerprint density at radius 3 is 2.76 bits per heavy atom. The molecular formula is C22H23ClN4OS. The smallest absolute Gasteiger partial charge is 0.148 e. The highest BCUT2D eigenvalue weighted by atomic mass is 35.5. The van der Waals surface area contributed by atoms with Crippen molar-refractivity contribution < 1.29 is 4.74 Å². The summed E-state index contributed by atoms with van der Waals surface area (Å²) in [6, 6.07) is 14.2. The number of nitrogens with zero attached hydrogens (tertiary/aromatic N) is 3. The van der Waals surface area contributed by atoms with E-state index in [0.717, 1.165) is 40.4 Å². The molecule has 7 heteroatoms. The summed E-state index contributed by atoms with van der Waals surface area (Å²) in [5.41, 5.74) is 11.3. The lowest BCUT2D eigenvalue weighted by molar-refractivity contribution is 0.242. The van der Waals surface area contributed by atoms with E-state index < -0.39 is 0 Å². The molecule has 2 aromatic carbocycles. The summed E-state index contributed by atoms with van der Waals surface area (Å²) in [7, 11) is 0. The maximum absolute atomic E-state index is 9.47. The van der Waals surface area contributed by atoms with Gasteiger partial charge in [0.2, 0.25) is 0 Å². The molecule has 1 aliphatic carbocycles. The number of nitrogens with two attached hydrogens (primary N) is 1. The van der Waals surface area contributed by atoms with Crippen molar-refractivity contribution in [3.05, 3.63) is 53.1 Å². The summed E-state index contributed by atoms with van der Waals surface area (Å²) in [4.78, 5) is 0. The molecule has 1 aromatic heterocycles. The first-order valence-electron chi connectivity index (χ1n) is 9.49. The second-order valence-electron chi connectivity index (χ2n) is 7.27. The van der Waals surface area contributed by atoms with Gasteiger partial charge in [-0.25, -0.2) is 0 Å². The van der Waals surface area contributed by atoms with E-state index in [-0.39, 0.29) is 24.6 Å². The molecule has 0 saturated carbocycles. The summed E-state index contributed by atoms with van der Waals surface area (Å²) in [5.74, 6) is 0.595. The van der Waals surface area contributed by atoms with Crippen molar-refractivity contribution in [1.29, 1.82) is 5.26 Å². The number of halogens is 1. The van der Waals surface area contributed by atoms with Gasteiger partial charge in [0, 0.05) is 17.2 Å². The van der Waals surface area contributed by atoms with Crippen molar-refractivity contribution in [1.82, 2.24) is 10.2 Å². The zero-order chi connectivity index (χ0) is 19.7. The van der Waals surface area contributed by atoms with E-state index in [9.17, 15) is 5.26 Å². The molecule has 0 fully saturated rings. The molecule has 1 atom stereocenters. The molecule has 0 amide bonds. The van der Waals surface area contributed by atoms with Crippen LogP contribution in [0.3, 0.4) is 0 Å².